The second-order valence-corrected chi connectivity index (χ2v) is 12.8. The van der Waals surface area contributed by atoms with Crippen molar-refractivity contribution in [2.24, 2.45) is 28.6 Å². The van der Waals surface area contributed by atoms with Gasteiger partial charge >= 0.3 is 0 Å². The Morgan fingerprint density at radius 1 is 0.919 bits per heavy atom. The molecule has 0 N–H and O–H groups in total. The van der Waals surface area contributed by atoms with Crippen LogP contribution in [0.15, 0.2) is 48.5 Å². The normalized spacial score (nSPS) is 35.9. The zero-order chi connectivity index (χ0) is 25.5. The van der Waals surface area contributed by atoms with Crippen LogP contribution >= 0.6 is 23.2 Å². The van der Waals surface area contributed by atoms with Crippen LogP contribution in [0.2, 0.25) is 10.0 Å². The maximum Gasteiger partial charge on any atom is 0.176 e. The first-order valence-electron chi connectivity index (χ1n) is 13.3. The second-order valence-electron chi connectivity index (χ2n) is 12.0. The average Bonchev–Trinajstić information content (AvgIpc) is 3.20. The lowest BCUT2D eigenvalue weighted by molar-refractivity contribution is -0.145. The standard InChI is InChI=1S/C31H27Cl2N3O/c32-23-7-5-22(12-24(23)33)27-28(29(37)30-13-18-9-19(14-30)11-20(10-18)15-30)36-25-4-2-1-3-21(25)6-8-26(36)31(27,16-34)17-35/h1-8,12,18-20,26-28H,9-11,13-15H2. The van der Waals surface area contributed by atoms with Crippen molar-refractivity contribution >= 4 is 40.7 Å². The minimum atomic E-state index is -1.45. The van der Waals surface area contributed by atoms with E-state index in [2.05, 4.69) is 17.0 Å². The summed E-state index contributed by atoms with van der Waals surface area (Å²) in [5.74, 6) is 1.40. The molecule has 0 spiro atoms. The Balaban J connectivity index is 1.45. The number of rotatable bonds is 3. The van der Waals surface area contributed by atoms with E-state index in [0.29, 0.717) is 27.8 Å². The third-order valence-corrected chi connectivity index (χ3v) is 10.8. The van der Waals surface area contributed by atoms with Gasteiger partial charge in [0.15, 0.2) is 11.2 Å². The van der Waals surface area contributed by atoms with E-state index in [1.165, 1.54) is 19.3 Å². The van der Waals surface area contributed by atoms with Crippen LogP contribution < -0.4 is 4.90 Å². The first kappa shape index (κ1) is 23.3. The van der Waals surface area contributed by atoms with Crippen LogP contribution in [0.3, 0.4) is 0 Å². The molecule has 6 heteroatoms. The van der Waals surface area contributed by atoms with Crippen molar-refractivity contribution in [2.75, 3.05) is 4.90 Å². The van der Waals surface area contributed by atoms with E-state index < -0.39 is 23.4 Å². The number of fused-ring (bicyclic) bond motifs is 3. The van der Waals surface area contributed by atoms with E-state index in [-0.39, 0.29) is 11.2 Å². The van der Waals surface area contributed by atoms with Gasteiger partial charge in [0, 0.05) is 17.0 Å². The van der Waals surface area contributed by atoms with Crippen molar-refractivity contribution in [1.82, 2.24) is 0 Å². The molecule has 2 aromatic carbocycles. The topological polar surface area (TPSA) is 67.9 Å². The molecule has 2 heterocycles. The Hall–Kier alpha value is -2.79. The quantitative estimate of drug-likeness (QED) is 0.423. The van der Waals surface area contributed by atoms with E-state index in [0.717, 1.165) is 36.1 Å². The molecule has 8 rings (SSSR count). The Morgan fingerprint density at radius 3 is 2.19 bits per heavy atom. The highest BCUT2D eigenvalue weighted by Crippen LogP contribution is 2.63. The smallest absolute Gasteiger partial charge is 0.176 e. The number of hydrogen-bond acceptors (Lipinski definition) is 4. The van der Waals surface area contributed by atoms with E-state index >= 15 is 4.79 Å². The van der Waals surface area contributed by atoms with Gasteiger partial charge in [-0.05, 0) is 85.6 Å². The predicted molar refractivity (Wildman–Crippen MR) is 144 cm³/mol. The van der Waals surface area contributed by atoms with Crippen molar-refractivity contribution in [3.8, 4) is 12.1 Å². The summed E-state index contributed by atoms with van der Waals surface area (Å²) in [6, 6.07) is 17.0. The highest BCUT2D eigenvalue weighted by molar-refractivity contribution is 6.42. The van der Waals surface area contributed by atoms with Crippen molar-refractivity contribution in [3.63, 3.8) is 0 Å². The highest BCUT2D eigenvalue weighted by atomic mass is 35.5. The molecule has 4 nitrogen and oxygen atoms in total. The summed E-state index contributed by atoms with van der Waals surface area (Å²) in [6.45, 7) is 0. The van der Waals surface area contributed by atoms with Gasteiger partial charge in [-0.2, -0.15) is 10.5 Å². The number of para-hydroxylation sites is 1. The van der Waals surface area contributed by atoms with Gasteiger partial charge in [0.1, 0.15) is 0 Å². The average molecular weight is 528 g/mol. The first-order valence-corrected chi connectivity index (χ1v) is 14.0. The number of nitrogens with zero attached hydrogens (tertiary/aromatic N) is 3. The molecule has 3 atom stereocenters. The molecular formula is C31H27Cl2N3O. The predicted octanol–water partition coefficient (Wildman–Crippen LogP) is 7.18. The van der Waals surface area contributed by atoms with Crippen LogP contribution in [-0.2, 0) is 4.79 Å². The summed E-state index contributed by atoms with van der Waals surface area (Å²) in [7, 11) is 0. The van der Waals surface area contributed by atoms with Gasteiger partial charge < -0.3 is 4.90 Å². The van der Waals surface area contributed by atoms with Crippen LogP contribution in [0.4, 0.5) is 5.69 Å². The molecule has 4 aliphatic carbocycles. The lowest BCUT2D eigenvalue weighted by Gasteiger charge is -2.57. The fourth-order valence-corrected chi connectivity index (χ4v) is 9.35. The molecule has 37 heavy (non-hydrogen) atoms. The lowest BCUT2D eigenvalue weighted by Crippen LogP contribution is -2.56. The Morgan fingerprint density at radius 2 is 1.57 bits per heavy atom. The van der Waals surface area contributed by atoms with Crippen LogP contribution in [0.25, 0.3) is 6.08 Å². The maximum atomic E-state index is 15.1. The van der Waals surface area contributed by atoms with E-state index in [1.54, 1.807) is 12.1 Å². The SMILES string of the molecule is N#CC1(C#N)C(c2ccc(Cl)c(Cl)c2)C(C(=O)C23CC4CC(CC(C4)C2)C3)N2c3ccccc3C=CC21. The maximum absolute atomic E-state index is 15.1. The minimum absolute atomic E-state index is 0.213. The van der Waals surface area contributed by atoms with Gasteiger partial charge in [-0.3, -0.25) is 4.79 Å². The van der Waals surface area contributed by atoms with Crippen LogP contribution in [0.1, 0.15) is 55.6 Å². The zero-order valence-electron chi connectivity index (χ0n) is 20.4. The number of carbonyl (C=O) groups excluding carboxylic acids is 1. The van der Waals surface area contributed by atoms with Gasteiger partial charge in [0.25, 0.3) is 0 Å². The molecule has 2 aliphatic heterocycles. The molecule has 4 saturated carbocycles. The number of ketones is 1. The zero-order valence-corrected chi connectivity index (χ0v) is 21.9. The number of halogens is 2. The molecule has 0 amide bonds. The highest BCUT2D eigenvalue weighted by Gasteiger charge is 2.67. The van der Waals surface area contributed by atoms with Crippen LogP contribution in [0.5, 0.6) is 0 Å². The van der Waals surface area contributed by atoms with Crippen molar-refractivity contribution in [1.29, 1.82) is 10.5 Å². The largest absolute Gasteiger partial charge is 0.351 e. The van der Waals surface area contributed by atoms with E-state index in [4.69, 9.17) is 23.2 Å². The number of nitriles is 2. The molecule has 1 saturated heterocycles. The molecule has 186 valence electrons. The van der Waals surface area contributed by atoms with E-state index in [1.807, 2.05) is 42.5 Å². The van der Waals surface area contributed by atoms with Gasteiger partial charge in [0.2, 0.25) is 0 Å². The third kappa shape index (κ3) is 3.16. The number of anilines is 1. The fraction of sp³-hybridized carbons (Fsp3) is 0.452. The Labute approximate surface area is 227 Å². The summed E-state index contributed by atoms with van der Waals surface area (Å²) in [6.07, 6.45) is 10.5. The number of hydrogen-bond donors (Lipinski definition) is 0. The summed E-state index contributed by atoms with van der Waals surface area (Å²) < 4.78 is 0. The summed E-state index contributed by atoms with van der Waals surface area (Å²) >= 11 is 12.8. The monoisotopic (exact) mass is 527 g/mol. The number of benzene rings is 2. The van der Waals surface area contributed by atoms with Gasteiger partial charge in [-0.25, -0.2) is 0 Å². The van der Waals surface area contributed by atoms with E-state index in [9.17, 15) is 10.5 Å². The van der Waals surface area contributed by atoms with Crippen molar-refractivity contribution < 1.29 is 4.79 Å². The first-order chi connectivity index (χ1) is 17.9. The Kier molecular flexibility index (Phi) is 5.11. The minimum Gasteiger partial charge on any atom is -0.351 e. The van der Waals surface area contributed by atoms with Crippen LogP contribution in [-0.4, -0.2) is 17.9 Å². The molecule has 5 fully saturated rings. The summed E-state index contributed by atoms with van der Waals surface area (Å²) in [5.41, 5.74) is 0.803. The summed E-state index contributed by atoms with van der Waals surface area (Å²) in [5, 5.41) is 22.2. The molecule has 0 aromatic heterocycles. The van der Waals surface area contributed by atoms with Crippen LogP contribution in [0, 0.1) is 51.2 Å². The molecule has 4 bridgehead atoms. The number of carbonyl (C=O) groups is 1. The molecule has 6 aliphatic rings. The second kappa shape index (κ2) is 8.10. The Bertz CT molecular complexity index is 1380. The van der Waals surface area contributed by atoms with Gasteiger partial charge in [-0.15, -0.1) is 0 Å². The third-order valence-electron chi connectivity index (χ3n) is 10.0. The molecule has 2 aromatic rings. The van der Waals surface area contributed by atoms with Crippen molar-refractivity contribution in [2.45, 2.75) is 56.5 Å². The summed E-state index contributed by atoms with van der Waals surface area (Å²) in [4.78, 5) is 17.2. The van der Waals surface area contributed by atoms with Gasteiger partial charge in [-0.1, -0.05) is 59.6 Å². The fourth-order valence-electron chi connectivity index (χ4n) is 9.04. The lowest BCUT2D eigenvalue weighted by atomic mass is 9.47. The molecule has 3 unspecified atom stereocenters. The molecule has 0 radical (unpaired) electrons. The number of Topliss-reactive ketones (excluding diaryl/α,β-unsaturated/α-hetero) is 1. The molecular weight excluding hydrogens is 501 g/mol. The van der Waals surface area contributed by atoms with Crippen molar-refractivity contribution in [3.05, 3.63) is 69.7 Å². The van der Waals surface area contributed by atoms with Gasteiger partial charge in [0.05, 0.1) is 34.3 Å².